The number of amides is 1. The highest BCUT2D eigenvalue weighted by molar-refractivity contribution is 5.91. The number of likely N-dealkylation sites (tertiary alicyclic amines) is 1. The first kappa shape index (κ1) is 26.4. The van der Waals surface area contributed by atoms with Gasteiger partial charge in [-0.3, -0.25) is 4.79 Å². The maximum absolute atomic E-state index is 13.2. The summed E-state index contributed by atoms with van der Waals surface area (Å²) < 4.78 is 0. The van der Waals surface area contributed by atoms with E-state index in [0.29, 0.717) is 0 Å². The molecule has 3 rings (SSSR count). The van der Waals surface area contributed by atoms with E-state index in [1.165, 1.54) is 38.5 Å². The maximum atomic E-state index is 13.2. The summed E-state index contributed by atoms with van der Waals surface area (Å²) in [6, 6.07) is 20.4. The van der Waals surface area contributed by atoms with Gasteiger partial charge in [-0.1, -0.05) is 86.3 Å². The van der Waals surface area contributed by atoms with Gasteiger partial charge >= 0.3 is 0 Å². The molecule has 0 bridgehead atoms. The molecule has 2 atom stereocenters. The Morgan fingerprint density at radius 3 is 2.12 bits per heavy atom. The van der Waals surface area contributed by atoms with Gasteiger partial charge in [-0.05, 0) is 62.9 Å². The first-order valence-corrected chi connectivity index (χ1v) is 13.1. The molecule has 2 aromatic carbocycles. The molecule has 0 aromatic heterocycles. The Bertz CT molecular complexity index is 803. The smallest absolute Gasteiger partial charge is 0.232 e. The summed E-state index contributed by atoms with van der Waals surface area (Å²) in [7, 11) is 0. The van der Waals surface area contributed by atoms with Crippen LogP contribution < -0.4 is 11.1 Å². The van der Waals surface area contributed by atoms with Crippen molar-refractivity contribution >= 4 is 5.91 Å². The monoisotopic (exact) mass is 465 g/mol. The van der Waals surface area contributed by atoms with Crippen LogP contribution in [0.5, 0.6) is 0 Å². The number of aliphatic hydroxyl groups excluding tert-OH is 1. The van der Waals surface area contributed by atoms with Crippen LogP contribution in [0.25, 0.3) is 0 Å². The van der Waals surface area contributed by atoms with E-state index in [4.69, 9.17) is 10.8 Å². The van der Waals surface area contributed by atoms with Crippen LogP contribution in [0.3, 0.4) is 0 Å². The molecule has 1 saturated heterocycles. The predicted molar refractivity (Wildman–Crippen MR) is 140 cm³/mol. The normalized spacial score (nSPS) is 17.6. The lowest BCUT2D eigenvalue weighted by atomic mass is 9.64. The Morgan fingerprint density at radius 1 is 1.00 bits per heavy atom. The molecule has 186 valence electrons. The van der Waals surface area contributed by atoms with Crippen molar-refractivity contribution in [3.63, 3.8) is 0 Å². The Hall–Kier alpha value is -2.21. The van der Waals surface area contributed by atoms with Gasteiger partial charge in [0, 0.05) is 12.6 Å². The SMILES string of the molecule is C[C@@H](CO)NCCCCCCCCN1CC[C@H](C(C(N)=O)(c2ccccc2)c2ccccc2)C1. The third-order valence-electron chi connectivity index (χ3n) is 7.40. The molecule has 0 unspecified atom stereocenters. The lowest BCUT2D eigenvalue weighted by molar-refractivity contribution is -0.123. The fraction of sp³-hybridized carbons (Fsp3) is 0.552. The molecule has 34 heavy (non-hydrogen) atoms. The third kappa shape index (κ3) is 6.68. The number of carbonyl (C=O) groups excluding carboxylic acids is 1. The number of hydrogen-bond donors (Lipinski definition) is 3. The highest BCUT2D eigenvalue weighted by Gasteiger charge is 2.49. The van der Waals surface area contributed by atoms with Gasteiger partial charge in [-0.15, -0.1) is 0 Å². The molecule has 5 heteroatoms. The second-order valence-corrected chi connectivity index (χ2v) is 9.85. The largest absolute Gasteiger partial charge is 0.395 e. The molecule has 1 fully saturated rings. The van der Waals surface area contributed by atoms with Crippen molar-refractivity contribution < 1.29 is 9.90 Å². The van der Waals surface area contributed by atoms with Crippen LogP contribution in [0, 0.1) is 5.92 Å². The fourth-order valence-corrected chi connectivity index (χ4v) is 5.50. The Labute approximate surface area is 205 Å². The molecule has 0 saturated carbocycles. The highest BCUT2D eigenvalue weighted by atomic mass is 16.3. The summed E-state index contributed by atoms with van der Waals surface area (Å²) >= 11 is 0. The first-order valence-electron chi connectivity index (χ1n) is 13.1. The molecule has 1 aliphatic heterocycles. The van der Waals surface area contributed by atoms with Crippen molar-refractivity contribution in [2.45, 2.75) is 63.3 Å². The first-order chi connectivity index (χ1) is 16.6. The lowest BCUT2D eigenvalue weighted by Crippen LogP contribution is -2.49. The number of nitrogens with one attached hydrogen (secondary N) is 1. The quantitative estimate of drug-likeness (QED) is 0.346. The lowest BCUT2D eigenvalue weighted by Gasteiger charge is -2.37. The minimum absolute atomic E-state index is 0.170. The number of rotatable bonds is 15. The molecule has 0 radical (unpaired) electrons. The summed E-state index contributed by atoms with van der Waals surface area (Å²) in [6.45, 7) is 6.21. The zero-order valence-electron chi connectivity index (χ0n) is 20.8. The van der Waals surface area contributed by atoms with E-state index in [9.17, 15) is 4.79 Å². The number of carbonyl (C=O) groups is 1. The number of aliphatic hydroxyl groups is 1. The Balaban J connectivity index is 1.51. The number of nitrogens with zero attached hydrogens (tertiary/aromatic N) is 1. The van der Waals surface area contributed by atoms with Crippen molar-refractivity contribution in [3.05, 3.63) is 71.8 Å². The molecule has 1 heterocycles. The third-order valence-corrected chi connectivity index (χ3v) is 7.40. The van der Waals surface area contributed by atoms with Crippen molar-refractivity contribution in [1.82, 2.24) is 10.2 Å². The van der Waals surface area contributed by atoms with E-state index < -0.39 is 5.41 Å². The van der Waals surface area contributed by atoms with Gasteiger partial charge in [0.2, 0.25) is 5.91 Å². The number of benzene rings is 2. The molecule has 2 aromatic rings. The zero-order chi connectivity index (χ0) is 24.2. The summed E-state index contributed by atoms with van der Waals surface area (Å²) in [5, 5.41) is 12.4. The second-order valence-electron chi connectivity index (χ2n) is 9.85. The van der Waals surface area contributed by atoms with Gasteiger partial charge in [0.1, 0.15) is 5.41 Å². The van der Waals surface area contributed by atoms with Crippen LogP contribution in [0.2, 0.25) is 0 Å². The summed E-state index contributed by atoms with van der Waals surface area (Å²) in [5.74, 6) is -0.0803. The van der Waals surface area contributed by atoms with Crippen LogP contribution in [0.4, 0.5) is 0 Å². The zero-order valence-corrected chi connectivity index (χ0v) is 20.8. The predicted octanol–water partition coefficient (Wildman–Crippen LogP) is 4.09. The van der Waals surface area contributed by atoms with E-state index in [-0.39, 0.29) is 24.5 Å². The minimum atomic E-state index is -0.793. The van der Waals surface area contributed by atoms with E-state index in [2.05, 4.69) is 34.5 Å². The number of hydrogen-bond acceptors (Lipinski definition) is 4. The summed E-state index contributed by atoms with van der Waals surface area (Å²) in [6.07, 6.45) is 8.38. The number of primary amides is 1. The topological polar surface area (TPSA) is 78.6 Å². The van der Waals surface area contributed by atoms with E-state index in [0.717, 1.165) is 43.7 Å². The van der Waals surface area contributed by atoms with E-state index in [1.807, 2.05) is 43.3 Å². The Morgan fingerprint density at radius 2 is 1.56 bits per heavy atom. The summed E-state index contributed by atoms with van der Waals surface area (Å²) in [5.41, 5.74) is 7.41. The van der Waals surface area contributed by atoms with Gasteiger partial charge in [0.15, 0.2) is 0 Å². The van der Waals surface area contributed by atoms with Crippen LogP contribution in [-0.4, -0.2) is 54.7 Å². The molecule has 4 N–H and O–H groups in total. The average molecular weight is 466 g/mol. The summed E-state index contributed by atoms with van der Waals surface area (Å²) in [4.78, 5) is 15.7. The maximum Gasteiger partial charge on any atom is 0.232 e. The van der Waals surface area contributed by atoms with E-state index in [1.54, 1.807) is 0 Å². The molecule has 1 amide bonds. The molecule has 5 nitrogen and oxygen atoms in total. The van der Waals surface area contributed by atoms with Crippen LogP contribution in [-0.2, 0) is 10.2 Å². The van der Waals surface area contributed by atoms with Crippen molar-refractivity contribution in [2.24, 2.45) is 11.7 Å². The molecular formula is C29H43N3O2. The second kappa shape index (κ2) is 13.6. The van der Waals surface area contributed by atoms with Gasteiger partial charge in [-0.25, -0.2) is 0 Å². The minimum Gasteiger partial charge on any atom is -0.395 e. The highest BCUT2D eigenvalue weighted by Crippen LogP contribution is 2.43. The standard InChI is InChI=1S/C29H43N3O2/c1-24(23-33)31-19-12-4-2-3-5-13-20-32-21-18-27(22-32)29(28(30)34,25-14-8-6-9-15-25)26-16-10-7-11-17-26/h6-11,14-17,24,27,31,33H,2-5,12-13,18-23H2,1H3,(H2,30,34)/t24-,27-/m0/s1. The molecule has 0 spiro atoms. The van der Waals surface area contributed by atoms with Gasteiger partial charge < -0.3 is 21.1 Å². The van der Waals surface area contributed by atoms with E-state index >= 15 is 0 Å². The van der Waals surface area contributed by atoms with Crippen molar-refractivity contribution in [1.29, 1.82) is 0 Å². The molecule has 1 aliphatic rings. The molecular weight excluding hydrogens is 422 g/mol. The number of unbranched alkanes of at least 4 members (excludes halogenated alkanes) is 5. The number of nitrogens with two attached hydrogens (primary N) is 1. The van der Waals surface area contributed by atoms with Crippen LogP contribution in [0.1, 0.15) is 63.0 Å². The molecule has 0 aliphatic carbocycles. The van der Waals surface area contributed by atoms with Crippen LogP contribution >= 0.6 is 0 Å². The van der Waals surface area contributed by atoms with Crippen molar-refractivity contribution in [2.75, 3.05) is 32.8 Å². The van der Waals surface area contributed by atoms with Gasteiger partial charge in [-0.2, -0.15) is 0 Å². The van der Waals surface area contributed by atoms with Gasteiger partial charge in [0.25, 0.3) is 0 Å². The van der Waals surface area contributed by atoms with Gasteiger partial charge in [0.05, 0.1) is 6.61 Å². The van der Waals surface area contributed by atoms with Crippen LogP contribution in [0.15, 0.2) is 60.7 Å². The average Bonchev–Trinajstić information content (AvgIpc) is 3.33. The van der Waals surface area contributed by atoms with Crippen molar-refractivity contribution in [3.8, 4) is 0 Å². The Kier molecular flexibility index (Phi) is 10.6. The fourth-order valence-electron chi connectivity index (χ4n) is 5.50.